The molecule has 0 aromatic heterocycles. The van der Waals surface area contributed by atoms with Gasteiger partial charge in [0.05, 0.1) is 29.3 Å². The van der Waals surface area contributed by atoms with Crippen LogP contribution in [0, 0.1) is 17.6 Å². The number of alkyl halides is 3. The van der Waals surface area contributed by atoms with Crippen LogP contribution >= 0.6 is 11.6 Å². The Morgan fingerprint density at radius 3 is 2.32 bits per heavy atom. The predicted molar refractivity (Wildman–Crippen MR) is 140 cm³/mol. The first kappa shape index (κ1) is 30.3. The summed E-state index contributed by atoms with van der Waals surface area (Å²) in [5, 5.41) is 14.2. The summed E-state index contributed by atoms with van der Waals surface area (Å²) >= 11 is 6.14. The van der Waals surface area contributed by atoms with Crippen LogP contribution in [-0.2, 0) is 11.3 Å². The number of hydrogen-bond acceptors (Lipinski definition) is 5. The van der Waals surface area contributed by atoms with Gasteiger partial charge in [0.15, 0.2) is 11.6 Å². The Morgan fingerprint density at radius 2 is 1.68 bits per heavy atom. The van der Waals surface area contributed by atoms with Crippen LogP contribution in [0.25, 0.3) is 0 Å². The fourth-order valence-corrected chi connectivity index (χ4v) is 4.71. The van der Waals surface area contributed by atoms with Crippen molar-refractivity contribution in [1.29, 1.82) is 0 Å². The van der Waals surface area contributed by atoms with Crippen molar-refractivity contribution >= 4 is 40.9 Å². The Morgan fingerprint density at radius 1 is 1.00 bits per heavy atom. The van der Waals surface area contributed by atoms with E-state index in [1.807, 2.05) is 4.90 Å². The number of benzene rings is 2. The number of carboxylic acids is 1. The lowest BCUT2D eigenvalue weighted by atomic mass is 10.0. The molecule has 0 atom stereocenters. The maximum atomic E-state index is 14.9. The highest BCUT2D eigenvalue weighted by molar-refractivity contribution is 6.31. The van der Waals surface area contributed by atoms with Gasteiger partial charge in [-0.3, -0.25) is 14.5 Å². The van der Waals surface area contributed by atoms with E-state index in [2.05, 4.69) is 10.6 Å². The summed E-state index contributed by atoms with van der Waals surface area (Å²) < 4.78 is 67.3. The maximum Gasteiger partial charge on any atom is 0.390 e. The van der Waals surface area contributed by atoms with Crippen molar-refractivity contribution in [3.63, 3.8) is 0 Å². The molecule has 0 spiro atoms. The molecule has 2 aromatic carbocycles. The van der Waals surface area contributed by atoms with Gasteiger partial charge in [0.2, 0.25) is 0 Å². The molecule has 0 radical (unpaired) electrons. The molecule has 3 N–H and O–H groups in total. The van der Waals surface area contributed by atoms with E-state index < -0.39 is 53.6 Å². The van der Waals surface area contributed by atoms with Crippen LogP contribution in [0.5, 0.6) is 0 Å². The number of nitrogens with one attached hydrogen (secondary N) is 2. The summed E-state index contributed by atoms with van der Waals surface area (Å²) in [5.41, 5.74) is -0.0491. The Kier molecular flexibility index (Phi) is 9.22. The number of carbonyl (C=O) groups is 3. The molecule has 2 saturated heterocycles. The lowest BCUT2D eigenvalue weighted by Gasteiger charge is -2.37. The molecular weight excluding hydrogens is 577 g/mol. The van der Waals surface area contributed by atoms with E-state index in [1.54, 1.807) is 11.0 Å². The first-order chi connectivity index (χ1) is 19.3. The van der Waals surface area contributed by atoms with Crippen molar-refractivity contribution in [3.05, 3.63) is 58.1 Å². The smallest absolute Gasteiger partial charge is 0.390 e. The van der Waals surface area contributed by atoms with Crippen LogP contribution in [0.4, 0.5) is 38.1 Å². The SMILES string of the molecule is O=C(Nc1ccc(Cl)cc1N1CCN(CCC(F)(F)F)CC1)c1ccc(CNC(=O)N2CC(C(=O)O)C2)c(F)c1F. The third-order valence-electron chi connectivity index (χ3n) is 6.99. The molecule has 15 heteroatoms. The molecule has 222 valence electrons. The van der Waals surface area contributed by atoms with Crippen molar-refractivity contribution in [3.8, 4) is 0 Å². The summed E-state index contributed by atoms with van der Waals surface area (Å²) in [6, 6.07) is 6.18. The normalized spacial score (nSPS) is 16.3. The highest BCUT2D eigenvalue weighted by Gasteiger charge is 2.35. The molecular formula is C26H27ClF5N5O4. The van der Waals surface area contributed by atoms with Crippen molar-refractivity contribution in [2.45, 2.75) is 19.1 Å². The third kappa shape index (κ3) is 7.55. The van der Waals surface area contributed by atoms with E-state index in [4.69, 9.17) is 16.7 Å². The number of likely N-dealkylation sites (tertiary alicyclic amines) is 1. The number of urea groups is 1. The van der Waals surface area contributed by atoms with E-state index in [9.17, 15) is 36.3 Å². The Balaban J connectivity index is 1.38. The minimum absolute atomic E-state index is 0.0115. The van der Waals surface area contributed by atoms with E-state index in [-0.39, 0.29) is 37.4 Å². The molecule has 4 rings (SSSR count). The average Bonchev–Trinajstić information content (AvgIpc) is 2.88. The van der Waals surface area contributed by atoms with E-state index in [1.165, 1.54) is 17.0 Å². The number of anilines is 2. The van der Waals surface area contributed by atoms with Gasteiger partial charge in [0.1, 0.15) is 0 Å². The van der Waals surface area contributed by atoms with Gasteiger partial charge in [-0.25, -0.2) is 13.6 Å². The number of piperazine rings is 1. The Labute approximate surface area is 236 Å². The number of rotatable bonds is 8. The summed E-state index contributed by atoms with van der Waals surface area (Å²) in [6.45, 7) is 0.947. The quantitative estimate of drug-likeness (QED) is 0.391. The molecule has 2 aliphatic heterocycles. The maximum absolute atomic E-state index is 14.9. The first-order valence-electron chi connectivity index (χ1n) is 12.7. The predicted octanol–water partition coefficient (Wildman–Crippen LogP) is 4.17. The largest absolute Gasteiger partial charge is 0.481 e. The van der Waals surface area contributed by atoms with Gasteiger partial charge in [-0.05, 0) is 24.3 Å². The lowest BCUT2D eigenvalue weighted by molar-refractivity contribution is -0.146. The zero-order valence-corrected chi connectivity index (χ0v) is 22.4. The number of amides is 3. The van der Waals surface area contributed by atoms with Gasteiger partial charge in [0.25, 0.3) is 5.91 Å². The molecule has 9 nitrogen and oxygen atoms in total. The molecule has 0 aliphatic carbocycles. The first-order valence-corrected chi connectivity index (χ1v) is 13.1. The zero-order chi connectivity index (χ0) is 29.9. The van der Waals surface area contributed by atoms with Crippen molar-refractivity contribution in [2.75, 3.05) is 56.0 Å². The van der Waals surface area contributed by atoms with Crippen molar-refractivity contribution < 1.29 is 41.4 Å². The van der Waals surface area contributed by atoms with Crippen LogP contribution in [0.2, 0.25) is 5.02 Å². The fourth-order valence-electron chi connectivity index (χ4n) is 4.54. The van der Waals surface area contributed by atoms with Crippen LogP contribution in [0.3, 0.4) is 0 Å². The van der Waals surface area contributed by atoms with Gasteiger partial charge in [0, 0.05) is 62.9 Å². The molecule has 3 amide bonds. The standard InChI is InChI=1S/C26H27ClF5N5O4/c27-17-2-4-19(20(11-17)36-9-7-35(8-10-36)6-5-26(30,31)32)34-23(38)18-3-1-15(21(28)22(18)29)12-33-25(41)37-13-16(14-37)24(39)40/h1-4,11,16H,5-10,12-14H2,(H,33,41)(H,34,38)(H,39,40). The van der Waals surface area contributed by atoms with E-state index in [0.717, 1.165) is 12.1 Å². The van der Waals surface area contributed by atoms with Gasteiger partial charge in [-0.1, -0.05) is 17.7 Å². The molecule has 2 aromatic rings. The van der Waals surface area contributed by atoms with E-state index in [0.29, 0.717) is 36.9 Å². The molecule has 2 fully saturated rings. The number of halogens is 6. The minimum Gasteiger partial charge on any atom is -0.481 e. The number of carbonyl (C=O) groups excluding carboxylic acids is 2. The molecule has 2 heterocycles. The van der Waals surface area contributed by atoms with Crippen LogP contribution in [0.15, 0.2) is 30.3 Å². The highest BCUT2D eigenvalue weighted by Crippen LogP contribution is 2.31. The second kappa shape index (κ2) is 12.5. The summed E-state index contributed by atoms with van der Waals surface area (Å²) in [6.07, 6.45) is -5.16. The minimum atomic E-state index is -4.25. The summed E-state index contributed by atoms with van der Waals surface area (Å²) in [7, 11) is 0. The van der Waals surface area contributed by atoms with Crippen molar-refractivity contribution in [1.82, 2.24) is 15.1 Å². The summed E-state index contributed by atoms with van der Waals surface area (Å²) in [5.74, 6) is -5.37. The summed E-state index contributed by atoms with van der Waals surface area (Å²) in [4.78, 5) is 40.6. The second-order valence-electron chi connectivity index (χ2n) is 9.81. The number of carboxylic acid groups (broad SMARTS) is 1. The molecule has 0 saturated carbocycles. The van der Waals surface area contributed by atoms with Crippen LogP contribution in [0.1, 0.15) is 22.3 Å². The Bertz CT molecular complexity index is 1310. The average molecular weight is 604 g/mol. The van der Waals surface area contributed by atoms with Crippen molar-refractivity contribution in [2.24, 2.45) is 5.92 Å². The number of nitrogens with zero attached hydrogens (tertiary/aromatic N) is 3. The van der Waals surface area contributed by atoms with Gasteiger partial charge < -0.3 is 25.5 Å². The molecule has 0 unspecified atom stereocenters. The van der Waals surface area contributed by atoms with Gasteiger partial charge in [-0.15, -0.1) is 0 Å². The number of hydrogen-bond donors (Lipinski definition) is 3. The fraction of sp³-hybridized carbons (Fsp3) is 0.423. The van der Waals surface area contributed by atoms with Gasteiger partial charge in [-0.2, -0.15) is 13.2 Å². The Hall–Kier alpha value is -3.65. The molecule has 0 bridgehead atoms. The lowest BCUT2D eigenvalue weighted by Crippen LogP contribution is -2.56. The molecule has 41 heavy (non-hydrogen) atoms. The van der Waals surface area contributed by atoms with Gasteiger partial charge >= 0.3 is 18.2 Å². The van der Waals surface area contributed by atoms with Crippen LogP contribution < -0.4 is 15.5 Å². The highest BCUT2D eigenvalue weighted by atomic mass is 35.5. The molecule has 2 aliphatic rings. The monoisotopic (exact) mass is 603 g/mol. The van der Waals surface area contributed by atoms with E-state index >= 15 is 0 Å². The second-order valence-corrected chi connectivity index (χ2v) is 10.2. The van der Waals surface area contributed by atoms with Crippen LogP contribution in [-0.4, -0.2) is 84.8 Å². The third-order valence-corrected chi connectivity index (χ3v) is 7.22. The zero-order valence-electron chi connectivity index (χ0n) is 21.6. The topological polar surface area (TPSA) is 105 Å². The number of aliphatic carboxylic acids is 1.